The van der Waals surface area contributed by atoms with Crippen LogP contribution < -0.4 is 0 Å². The molecule has 1 aliphatic heterocycles. The molecular formula is C28H32N4O3. The predicted molar refractivity (Wildman–Crippen MR) is 134 cm³/mol. The van der Waals surface area contributed by atoms with Crippen LogP contribution in [0.2, 0.25) is 0 Å². The maximum atomic E-state index is 13.9. The summed E-state index contributed by atoms with van der Waals surface area (Å²) in [5, 5.41) is 0.825. The number of carbonyl (C=O) groups is 2. The summed E-state index contributed by atoms with van der Waals surface area (Å²) >= 11 is 0. The van der Waals surface area contributed by atoms with E-state index in [9.17, 15) is 9.59 Å². The molecule has 1 saturated heterocycles. The first-order valence-corrected chi connectivity index (χ1v) is 12.4. The van der Waals surface area contributed by atoms with Crippen molar-refractivity contribution < 1.29 is 14.3 Å². The topological polar surface area (TPSA) is 75.6 Å². The van der Waals surface area contributed by atoms with Crippen molar-refractivity contribution in [2.75, 3.05) is 26.2 Å². The van der Waals surface area contributed by atoms with Gasteiger partial charge in [-0.3, -0.25) is 19.6 Å². The number of para-hydroxylation sites is 1. The lowest BCUT2D eigenvalue weighted by atomic mass is 10.0. The maximum absolute atomic E-state index is 13.9. The summed E-state index contributed by atoms with van der Waals surface area (Å²) in [7, 11) is 0. The van der Waals surface area contributed by atoms with Gasteiger partial charge in [0.25, 0.3) is 5.91 Å². The molecule has 0 N–H and O–H groups in total. The second-order valence-corrected chi connectivity index (χ2v) is 10.1. The summed E-state index contributed by atoms with van der Waals surface area (Å²) < 4.78 is 6.24. The van der Waals surface area contributed by atoms with E-state index in [1.807, 2.05) is 47.4 Å². The fourth-order valence-corrected chi connectivity index (χ4v) is 4.69. The van der Waals surface area contributed by atoms with E-state index >= 15 is 0 Å². The van der Waals surface area contributed by atoms with Crippen LogP contribution >= 0.6 is 0 Å². The first-order chi connectivity index (χ1) is 17.0. The molecule has 0 spiro atoms. The van der Waals surface area contributed by atoms with Gasteiger partial charge in [0.15, 0.2) is 0 Å². The molecule has 0 radical (unpaired) electrons. The summed E-state index contributed by atoms with van der Waals surface area (Å²) in [4.78, 5) is 39.6. The first-order valence-electron chi connectivity index (χ1n) is 12.4. The SMILES string of the molecule is CC(C)CN1C[C@H](OCc2cccnc2)CN(C(=O)c2cc(C3CC3)nc3ccccc23)CC1=O. The molecule has 2 amide bonds. The Labute approximate surface area is 206 Å². The van der Waals surface area contributed by atoms with E-state index in [-0.39, 0.29) is 24.5 Å². The average molecular weight is 473 g/mol. The molecule has 35 heavy (non-hydrogen) atoms. The Kier molecular flexibility index (Phi) is 6.77. The van der Waals surface area contributed by atoms with E-state index in [1.165, 1.54) is 0 Å². The monoisotopic (exact) mass is 472 g/mol. The minimum Gasteiger partial charge on any atom is -0.370 e. The average Bonchev–Trinajstić information content (AvgIpc) is 3.71. The van der Waals surface area contributed by atoms with E-state index in [0.29, 0.717) is 43.6 Å². The fourth-order valence-electron chi connectivity index (χ4n) is 4.69. The molecule has 7 nitrogen and oxygen atoms in total. The molecule has 5 rings (SSSR count). The molecule has 1 saturated carbocycles. The van der Waals surface area contributed by atoms with Crippen LogP contribution in [0.3, 0.4) is 0 Å². The van der Waals surface area contributed by atoms with Crippen LogP contribution in [0.5, 0.6) is 0 Å². The third-order valence-corrected chi connectivity index (χ3v) is 6.57. The molecule has 1 aliphatic carbocycles. The number of hydrogen-bond acceptors (Lipinski definition) is 5. The van der Waals surface area contributed by atoms with Gasteiger partial charge in [0.05, 0.1) is 23.8 Å². The minimum absolute atomic E-state index is 0.0414. The van der Waals surface area contributed by atoms with Gasteiger partial charge >= 0.3 is 0 Å². The van der Waals surface area contributed by atoms with Gasteiger partial charge in [0.2, 0.25) is 5.91 Å². The molecule has 1 aromatic carbocycles. The van der Waals surface area contributed by atoms with Crippen molar-refractivity contribution in [1.82, 2.24) is 19.8 Å². The zero-order valence-corrected chi connectivity index (χ0v) is 20.4. The van der Waals surface area contributed by atoms with Crippen LogP contribution in [0, 0.1) is 5.92 Å². The number of aromatic nitrogens is 2. The van der Waals surface area contributed by atoms with Crippen molar-refractivity contribution in [2.24, 2.45) is 5.92 Å². The van der Waals surface area contributed by atoms with Gasteiger partial charge in [-0.05, 0) is 42.5 Å². The molecular weight excluding hydrogens is 440 g/mol. The molecule has 0 bridgehead atoms. The second-order valence-electron chi connectivity index (χ2n) is 10.1. The molecule has 7 heteroatoms. The van der Waals surface area contributed by atoms with Crippen molar-refractivity contribution >= 4 is 22.7 Å². The summed E-state index contributed by atoms with van der Waals surface area (Å²) in [6.07, 6.45) is 5.43. The molecule has 2 aliphatic rings. The lowest BCUT2D eigenvalue weighted by Gasteiger charge is -2.26. The minimum atomic E-state index is -0.291. The van der Waals surface area contributed by atoms with Crippen LogP contribution in [0.15, 0.2) is 54.9 Å². The zero-order chi connectivity index (χ0) is 24.4. The molecule has 3 aromatic rings. The van der Waals surface area contributed by atoms with Crippen molar-refractivity contribution in [3.8, 4) is 0 Å². The van der Waals surface area contributed by atoms with Gasteiger partial charge in [-0.15, -0.1) is 0 Å². The normalized spacial score (nSPS) is 18.8. The fraction of sp³-hybridized carbons (Fsp3) is 0.429. The molecule has 1 atom stereocenters. The van der Waals surface area contributed by atoms with E-state index in [4.69, 9.17) is 9.72 Å². The Morgan fingerprint density at radius 1 is 1.14 bits per heavy atom. The van der Waals surface area contributed by atoms with Gasteiger partial charge in [-0.1, -0.05) is 38.1 Å². The zero-order valence-electron chi connectivity index (χ0n) is 20.4. The van der Waals surface area contributed by atoms with Crippen LogP contribution in [0.25, 0.3) is 10.9 Å². The smallest absolute Gasteiger partial charge is 0.255 e. The third kappa shape index (κ3) is 5.51. The molecule has 182 valence electrons. The highest BCUT2D eigenvalue weighted by molar-refractivity contribution is 6.07. The van der Waals surface area contributed by atoms with Gasteiger partial charge in [0, 0.05) is 49.0 Å². The highest BCUT2D eigenvalue weighted by Gasteiger charge is 2.33. The number of ether oxygens (including phenoxy) is 1. The largest absolute Gasteiger partial charge is 0.370 e. The number of amides is 2. The lowest BCUT2D eigenvalue weighted by Crippen LogP contribution is -2.40. The predicted octanol–water partition coefficient (Wildman–Crippen LogP) is 4.03. The van der Waals surface area contributed by atoms with Crippen molar-refractivity contribution in [3.05, 3.63) is 71.7 Å². The number of hydrogen-bond donors (Lipinski definition) is 0. The lowest BCUT2D eigenvalue weighted by molar-refractivity contribution is -0.132. The number of fused-ring (bicyclic) bond motifs is 1. The van der Waals surface area contributed by atoms with Crippen molar-refractivity contribution in [2.45, 2.75) is 45.3 Å². The first kappa shape index (κ1) is 23.4. The molecule has 2 aromatic heterocycles. The van der Waals surface area contributed by atoms with Crippen LogP contribution in [0.1, 0.15) is 54.2 Å². The van der Waals surface area contributed by atoms with Crippen molar-refractivity contribution in [3.63, 3.8) is 0 Å². The van der Waals surface area contributed by atoms with Gasteiger partial charge in [0.1, 0.15) is 6.54 Å². The number of pyridine rings is 2. The Morgan fingerprint density at radius 2 is 1.97 bits per heavy atom. The standard InChI is InChI=1S/C28H32N4O3/c1-19(2)14-31-15-22(35-18-20-6-5-11-29-13-20)16-32(17-27(31)33)28(34)24-12-26(21-9-10-21)30-25-8-4-3-7-23(24)25/h3-8,11-13,19,21-22H,9-10,14-18H2,1-2H3/t22-/m0/s1. The highest BCUT2D eigenvalue weighted by Crippen LogP contribution is 2.40. The molecule has 2 fully saturated rings. The van der Waals surface area contributed by atoms with Crippen LogP contribution in [-0.4, -0.2) is 63.9 Å². The summed E-state index contributed by atoms with van der Waals surface area (Å²) in [6, 6.07) is 13.5. The summed E-state index contributed by atoms with van der Waals surface area (Å²) in [5.41, 5.74) is 3.38. The maximum Gasteiger partial charge on any atom is 0.255 e. The third-order valence-electron chi connectivity index (χ3n) is 6.57. The molecule has 3 heterocycles. The second kappa shape index (κ2) is 10.1. The Bertz CT molecular complexity index is 1210. The van der Waals surface area contributed by atoms with E-state index in [2.05, 4.69) is 18.8 Å². The van der Waals surface area contributed by atoms with E-state index in [1.54, 1.807) is 17.3 Å². The Morgan fingerprint density at radius 3 is 2.71 bits per heavy atom. The number of rotatable bonds is 7. The quantitative estimate of drug-likeness (QED) is 0.519. The Balaban J connectivity index is 1.43. The number of nitrogens with zero attached hydrogens (tertiary/aromatic N) is 4. The number of carbonyl (C=O) groups excluding carboxylic acids is 2. The molecule has 0 unspecified atom stereocenters. The van der Waals surface area contributed by atoms with Crippen LogP contribution in [-0.2, 0) is 16.1 Å². The van der Waals surface area contributed by atoms with Crippen molar-refractivity contribution in [1.29, 1.82) is 0 Å². The van der Waals surface area contributed by atoms with Gasteiger partial charge < -0.3 is 14.5 Å². The summed E-state index contributed by atoms with van der Waals surface area (Å²) in [5.74, 6) is 0.569. The Hall–Kier alpha value is -3.32. The number of benzene rings is 1. The van der Waals surface area contributed by atoms with E-state index < -0.39 is 0 Å². The van der Waals surface area contributed by atoms with Gasteiger partial charge in [-0.2, -0.15) is 0 Å². The van der Waals surface area contributed by atoms with Gasteiger partial charge in [-0.25, -0.2) is 0 Å². The van der Waals surface area contributed by atoms with Crippen LogP contribution in [0.4, 0.5) is 0 Å². The van der Waals surface area contributed by atoms with E-state index in [0.717, 1.165) is 35.0 Å². The highest BCUT2D eigenvalue weighted by atomic mass is 16.5. The summed E-state index contributed by atoms with van der Waals surface area (Å²) in [6.45, 7) is 6.07.